The van der Waals surface area contributed by atoms with Crippen molar-refractivity contribution in [2.24, 2.45) is 16.5 Å². The monoisotopic (exact) mass is 233 g/mol. The lowest BCUT2D eigenvalue weighted by Crippen LogP contribution is -2.25. The molecule has 7 nitrogen and oxygen atoms in total. The van der Waals surface area contributed by atoms with E-state index in [1.54, 1.807) is 6.07 Å². The molecular weight excluding hydrogens is 222 g/mol. The molecule has 0 radical (unpaired) electrons. The lowest BCUT2D eigenvalue weighted by molar-refractivity contribution is 0.259. The van der Waals surface area contributed by atoms with E-state index in [-0.39, 0.29) is 5.96 Å². The van der Waals surface area contributed by atoms with E-state index in [1.165, 1.54) is 19.2 Å². The second-order valence-corrected chi connectivity index (χ2v) is 2.99. The van der Waals surface area contributed by atoms with Crippen LogP contribution in [-0.2, 0) is 0 Å². The van der Waals surface area contributed by atoms with Gasteiger partial charge in [0.25, 0.3) is 0 Å². The minimum Gasteiger partial charge on any atom is -0.495 e. The average Bonchev–Trinajstić information content (AvgIpc) is 2.27. The fourth-order valence-corrected chi connectivity index (χ4v) is 1.13. The molecule has 0 aromatic heterocycles. The predicted molar refractivity (Wildman–Crippen MR) is 62.5 cm³/mol. The van der Waals surface area contributed by atoms with Gasteiger partial charge in [-0.05, 0) is 12.1 Å². The van der Waals surface area contributed by atoms with Crippen LogP contribution in [0.1, 0.15) is 5.56 Å². The highest BCUT2D eigenvalue weighted by atomic mass is 16.5. The van der Waals surface area contributed by atoms with E-state index < -0.39 is 6.03 Å². The molecule has 1 aromatic rings. The summed E-state index contributed by atoms with van der Waals surface area (Å²) in [4.78, 5) is 14.5. The van der Waals surface area contributed by atoms with Crippen molar-refractivity contribution in [1.82, 2.24) is 0 Å². The zero-order chi connectivity index (χ0) is 12.8. The molecule has 0 aliphatic heterocycles. The molecule has 0 heterocycles. The average molecular weight is 233 g/mol. The molecule has 0 bridgehead atoms. The zero-order valence-corrected chi connectivity index (χ0v) is 9.10. The quantitative estimate of drug-likeness (QED) is 0.502. The summed E-state index contributed by atoms with van der Waals surface area (Å²) >= 11 is 0. The van der Waals surface area contributed by atoms with E-state index in [1.807, 2.05) is 6.07 Å². The van der Waals surface area contributed by atoms with Crippen LogP contribution in [0.15, 0.2) is 23.2 Å². The summed E-state index contributed by atoms with van der Waals surface area (Å²) in [5, 5.41) is 11.2. The molecule has 0 unspecified atom stereocenters. The molecule has 0 saturated heterocycles. The summed E-state index contributed by atoms with van der Waals surface area (Å²) in [6, 6.07) is 5.82. The third kappa shape index (κ3) is 3.39. The summed E-state index contributed by atoms with van der Waals surface area (Å²) < 4.78 is 4.98. The Morgan fingerprint density at radius 3 is 2.76 bits per heavy atom. The molecule has 7 heteroatoms. The molecule has 0 aliphatic carbocycles. The van der Waals surface area contributed by atoms with Gasteiger partial charge in [-0.25, -0.2) is 4.79 Å². The lowest BCUT2D eigenvalue weighted by atomic mass is 10.2. The standard InChI is InChI=1S/C10H11N5O2/c1-17-8-4-7(3-2-6(8)5-11)14-10(16)15-9(12)13/h2-4H,1H3,(H5,12,13,14,15,16). The molecule has 5 N–H and O–H groups in total. The van der Waals surface area contributed by atoms with Gasteiger partial charge in [0, 0.05) is 11.8 Å². The van der Waals surface area contributed by atoms with E-state index in [4.69, 9.17) is 21.5 Å². The Balaban J connectivity index is 2.91. The normalized spacial score (nSPS) is 8.94. The van der Waals surface area contributed by atoms with Crippen molar-refractivity contribution in [2.45, 2.75) is 0 Å². The van der Waals surface area contributed by atoms with Crippen molar-refractivity contribution in [3.05, 3.63) is 23.8 Å². The largest absolute Gasteiger partial charge is 0.495 e. The number of ether oxygens (including phenoxy) is 1. The summed E-state index contributed by atoms with van der Waals surface area (Å²) in [6.45, 7) is 0. The van der Waals surface area contributed by atoms with Gasteiger partial charge in [0.05, 0.1) is 12.7 Å². The van der Waals surface area contributed by atoms with Gasteiger partial charge in [-0.15, -0.1) is 0 Å². The Morgan fingerprint density at radius 1 is 1.53 bits per heavy atom. The number of aliphatic imine (C=N–C) groups is 1. The number of nitrogens with two attached hydrogens (primary N) is 2. The fourth-order valence-electron chi connectivity index (χ4n) is 1.13. The zero-order valence-electron chi connectivity index (χ0n) is 9.10. The maximum absolute atomic E-state index is 11.2. The van der Waals surface area contributed by atoms with Crippen molar-refractivity contribution < 1.29 is 9.53 Å². The molecule has 2 amide bonds. The second-order valence-electron chi connectivity index (χ2n) is 2.99. The number of nitrogens with one attached hydrogen (secondary N) is 1. The summed E-state index contributed by atoms with van der Waals surface area (Å²) in [6.07, 6.45) is 0. The molecule has 0 spiro atoms. The number of guanidine groups is 1. The minimum atomic E-state index is -0.697. The van der Waals surface area contributed by atoms with Crippen molar-refractivity contribution in [3.63, 3.8) is 0 Å². The smallest absolute Gasteiger partial charge is 0.348 e. The third-order valence-electron chi connectivity index (χ3n) is 1.80. The van der Waals surface area contributed by atoms with Crippen LogP contribution in [0.25, 0.3) is 0 Å². The van der Waals surface area contributed by atoms with Crippen LogP contribution in [-0.4, -0.2) is 19.1 Å². The van der Waals surface area contributed by atoms with Crippen molar-refractivity contribution in [2.75, 3.05) is 12.4 Å². The van der Waals surface area contributed by atoms with E-state index >= 15 is 0 Å². The molecular formula is C10H11N5O2. The first-order valence-corrected chi connectivity index (χ1v) is 4.55. The summed E-state index contributed by atoms with van der Waals surface area (Å²) in [5.74, 6) is 0.0260. The van der Waals surface area contributed by atoms with Crippen LogP contribution >= 0.6 is 0 Å². The SMILES string of the molecule is COc1cc(NC(=O)N=C(N)N)ccc1C#N. The second kappa shape index (κ2) is 5.37. The van der Waals surface area contributed by atoms with Crippen molar-refractivity contribution in [1.29, 1.82) is 5.26 Å². The number of urea groups is 1. The van der Waals surface area contributed by atoms with E-state index in [2.05, 4.69) is 10.3 Å². The maximum atomic E-state index is 11.2. The first-order valence-electron chi connectivity index (χ1n) is 4.55. The number of rotatable bonds is 2. The molecule has 88 valence electrons. The van der Waals surface area contributed by atoms with Crippen molar-refractivity contribution in [3.8, 4) is 11.8 Å². The van der Waals surface area contributed by atoms with Crippen LogP contribution in [0, 0.1) is 11.3 Å². The number of nitrogens with zero attached hydrogens (tertiary/aromatic N) is 2. The van der Waals surface area contributed by atoms with Crippen molar-refractivity contribution >= 4 is 17.7 Å². The number of hydrogen-bond donors (Lipinski definition) is 3. The Morgan fingerprint density at radius 2 is 2.24 bits per heavy atom. The molecule has 0 aliphatic rings. The van der Waals surface area contributed by atoms with E-state index in [9.17, 15) is 4.79 Å². The van der Waals surface area contributed by atoms with Gasteiger partial charge in [-0.3, -0.25) is 0 Å². The number of benzene rings is 1. The van der Waals surface area contributed by atoms with Crippen LogP contribution in [0.4, 0.5) is 10.5 Å². The van der Waals surface area contributed by atoms with Crippen LogP contribution in [0.3, 0.4) is 0 Å². The number of anilines is 1. The predicted octanol–water partition coefficient (Wildman–Crippen LogP) is 0.372. The van der Waals surface area contributed by atoms with Gasteiger partial charge in [-0.2, -0.15) is 10.3 Å². The van der Waals surface area contributed by atoms with Gasteiger partial charge >= 0.3 is 6.03 Å². The highest BCUT2D eigenvalue weighted by Gasteiger charge is 2.06. The number of amides is 2. The first-order chi connectivity index (χ1) is 8.06. The number of methoxy groups -OCH3 is 1. The first kappa shape index (κ1) is 12.3. The Bertz CT molecular complexity index is 500. The van der Waals surface area contributed by atoms with E-state index in [0.717, 1.165) is 0 Å². The maximum Gasteiger partial charge on any atom is 0.348 e. The van der Waals surface area contributed by atoms with Gasteiger partial charge in [0.2, 0.25) is 0 Å². The molecule has 0 atom stereocenters. The summed E-state index contributed by atoms with van der Waals surface area (Å²) in [5.41, 5.74) is 10.9. The highest BCUT2D eigenvalue weighted by molar-refractivity contribution is 5.98. The lowest BCUT2D eigenvalue weighted by Gasteiger charge is -2.06. The Labute approximate surface area is 97.7 Å². The molecule has 0 fully saturated rings. The fraction of sp³-hybridized carbons (Fsp3) is 0.100. The number of nitriles is 1. The molecule has 1 aromatic carbocycles. The van der Waals surface area contributed by atoms with Gasteiger partial charge in [0.1, 0.15) is 11.8 Å². The highest BCUT2D eigenvalue weighted by Crippen LogP contribution is 2.22. The number of carbonyl (C=O) groups is 1. The van der Waals surface area contributed by atoms with Crippen LogP contribution in [0.5, 0.6) is 5.75 Å². The van der Waals surface area contributed by atoms with Gasteiger partial charge in [-0.1, -0.05) is 0 Å². The number of hydrogen-bond acceptors (Lipinski definition) is 3. The van der Waals surface area contributed by atoms with Gasteiger partial charge in [0.15, 0.2) is 5.96 Å². The van der Waals surface area contributed by atoms with E-state index in [0.29, 0.717) is 17.0 Å². The molecule has 17 heavy (non-hydrogen) atoms. The third-order valence-corrected chi connectivity index (χ3v) is 1.80. The Kier molecular flexibility index (Phi) is 3.89. The Hall–Kier alpha value is -2.75. The van der Waals surface area contributed by atoms with Gasteiger partial charge < -0.3 is 21.5 Å². The number of carbonyl (C=O) groups excluding carboxylic acids is 1. The molecule has 1 rings (SSSR count). The topological polar surface area (TPSA) is 127 Å². The molecule has 0 saturated carbocycles. The minimum absolute atomic E-state index is 0.330. The van der Waals surface area contributed by atoms with Crippen LogP contribution < -0.4 is 21.5 Å². The summed E-state index contributed by atoms with van der Waals surface area (Å²) in [7, 11) is 1.43. The van der Waals surface area contributed by atoms with Crippen LogP contribution in [0.2, 0.25) is 0 Å².